The number of nitrogens with one attached hydrogen (secondary N) is 1. The summed E-state index contributed by atoms with van der Waals surface area (Å²) in [7, 11) is 1.76. The molecule has 4 heteroatoms. The third-order valence-electron chi connectivity index (χ3n) is 6.30. The maximum atomic E-state index is 5.64. The Balaban J connectivity index is 1.69. The Kier molecular flexibility index (Phi) is 5.64. The molecule has 0 atom stereocenters. The number of hydrogen-bond acceptors (Lipinski definition) is 4. The standard InChI is InChI=1S/C25H30N2OS/c1-16-18(3)25(19(4)17(2)24(16)28-5)29-26-22-12-13-23(27-14-8-9-15-27)21-11-7-6-10-20(21)22/h6-7,10-13,26H,8-9,14-15H2,1-5H3. The number of fused-ring (bicyclic) bond motifs is 1. The fourth-order valence-electron chi connectivity index (χ4n) is 4.41. The molecule has 0 aromatic heterocycles. The van der Waals surface area contributed by atoms with Gasteiger partial charge in [-0.15, -0.1) is 0 Å². The van der Waals surface area contributed by atoms with Crippen LogP contribution >= 0.6 is 11.9 Å². The Morgan fingerprint density at radius 1 is 0.828 bits per heavy atom. The van der Waals surface area contributed by atoms with Crippen LogP contribution in [0.25, 0.3) is 10.8 Å². The topological polar surface area (TPSA) is 24.5 Å². The smallest absolute Gasteiger partial charge is 0.125 e. The van der Waals surface area contributed by atoms with E-state index >= 15 is 0 Å². The minimum absolute atomic E-state index is 1.00. The van der Waals surface area contributed by atoms with Gasteiger partial charge in [-0.2, -0.15) is 0 Å². The maximum absolute atomic E-state index is 5.64. The summed E-state index contributed by atoms with van der Waals surface area (Å²) < 4.78 is 9.29. The Bertz CT molecular complexity index is 1030. The summed E-state index contributed by atoms with van der Waals surface area (Å²) in [5.41, 5.74) is 7.51. The highest BCUT2D eigenvalue weighted by atomic mass is 32.2. The van der Waals surface area contributed by atoms with Crippen LogP contribution in [-0.4, -0.2) is 20.2 Å². The lowest BCUT2D eigenvalue weighted by atomic mass is 10.00. The van der Waals surface area contributed by atoms with Crippen LogP contribution in [0.15, 0.2) is 41.3 Å². The summed E-state index contributed by atoms with van der Waals surface area (Å²) in [5, 5.41) is 2.61. The van der Waals surface area contributed by atoms with Crippen LogP contribution in [-0.2, 0) is 0 Å². The van der Waals surface area contributed by atoms with Gasteiger partial charge in [-0.1, -0.05) is 24.3 Å². The predicted octanol–water partition coefficient (Wildman–Crippen LogP) is 6.80. The Morgan fingerprint density at radius 3 is 2.07 bits per heavy atom. The third kappa shape index (κ3) is 3.55. The zero-order valence-electron chi connectivity index (χ0n) is 18.1. The van der Waals surface area contributed by atoms with Crippen molar-refractivity contribution >= 4 is 34.1 Å². The minimum atomic E-state index is 1.00. The van der Waals surface area contributed by atoms with Gasteiger partial charge in [0.1, 0.15) is 5.75 Å². The SMILES string of the molecule is COc1c(C)c(C)c(SNc2ccc(N3CCCC3)c3ccccc23)c(C)c1C. The van der Waals surface area contributed by atoms with Crippen molar-refractivity contribution in [3.05, 3.63) is 58.7 Å². The lowest BCUT2D eigenvalue weighted by Gasteiger charge is -2.22. The molecule has 0 radical (unpaired) electrons. The van der Waals surface area contributed by atoms with Crippen molar-refractivity contribution in [2.24, 2.45) is 0 Å². The molecule has 29 heavy (non-hydrogen) atoms. The number of hydrogen-bond donors (Lipinski definition) is 1. The number of benzene rings is 3. The van der Waals surface area contributed by atoms with E-state index in [-0.39, 0.29) is 0 Å². The summed E-state index contributed by atoms with van der Waals surface area (Å²) in [4.78, 5) is 3.80. The van der Waals surface area contributed by atoms with Crippen LogP contribution < -0.4 is 14.4 Å². The number of rotatable bonds is 5. The molecular weight excluding hydrogens is 376 g/mol. The summed E-state index contributed by atoms with van der Waals surface area (Å²) in [6.07, 6.45) is 2.58. The second kappa shape index (κ2) is 8.19. The molecule has 0 spiro atoms. The number of anilines is 2. The Labute approximate surface area is 178 Å². The molecule has 3 aromatic rings. The van der Waals surface area contributed by atoms with E-state index in [1.54, 1.807) is 19.1 Å². The number of methoxy groups -OCH3 is 1. The molecule has 4 rings (SSSR count). The molecule has 0 unspecified atom stereocenters. The van der Waals surface area contributed by atoms with Crippen LogP contribution in [0, 0.1) is 27.7 Å². The fourth-order valence-corrected chi connectivity index (χ4v) is 5.42. The van der Waals surface area contributed by atoms with Gasteiger partial charge < -0.3 is 14.4 Å². The summed E-state index contributed by atoms with van der Waals surface area (Å²) in [5.74, 6) is 1.00. The Hall–Kier alpha value is -2.33. The van der Waals surface area contributed by atoms with Gasteiger partial charge in [0, 0.05) is 34.4 Å². The van der Waals surface area contributed by atoms with Crippen molar-refractivity contribution in [3.8, 4) is 5.75 Å². The van der Waals surface area contributed by atoms with Gasteiger partial charge in [0.25, 0.3) is 0 Å². The highest BCUT2D eigenvalue weighted by Gasteiger charge is 2.18. The van der Waals surface area contributed by atoms with Crippen LogP contribution in [0.3, 0.4) is 0 Å². The third-order valence-corrected chi connectivity index (χ3v) is 7.44. The highest BCUT2D eigenvalue weighted by molar-refractivity contribution is 8.00. The van der Waals surface area contributed by atoms with Crippen molar-refractivity contribution in [2.45, 2.75) is 45.4 Å². The molecule has 1 aliphatic rings. The van der Waals surface area contributed by atoms with E-state index in [1.165, 1.54) is 62.1 Å². The molecule has 0 aliphatic carbocycles. The molecule has 1 saturated heterocycles. The summed E-state index contributed by atoms with van der Waals surface area (Å²) in [6, 6.07) is 13.3. The molecule has 1 N–H and O–H groups in total. The first-order chi connectivity index (χ1) is 14.0. The first-order valence-electron chi connectivity index (χ1n) is 10.4. The van der Waals surface area contributed by atoms with Crippen molar-refractivity contribution in [3.63, 3.8) is 0 Å². The molecule has 1 fully saturated rings. The predicted molar refractivity (Wildman–Crippen MR) is 127 cm³/mol. The molecular formula is C25H30N2OS. The van der Waals surface area contributed by atoms with Gasteiger partial charge in [-0.3, -0.25) is 0 Å². The van der Waals surface area contributed by atoms with E-state index in [9.17, 15) is 0 Å². The van der Waals surface area contributed by atoms with Crippen LogP contribution in [0.2, 0.25) is 0 Å². The largest absolute Gasteiger partial charge is 0.496 e. The zero-order valence-corrected chi connectivity index (χ0v) is 18.9. The van der Waals surface area contributed by atoms with E-state index in [0.29, 0.717) is 0 Å². The van der Waals surface area contributed by atoms with Gasteiger partial charge in [-0.05, 0) is 86.9 Å². The van der Waals surface area contributed by atoms with Gasteiger partial charge in [0.2, 0.25) is 0 Å². The fraction of sp³-hybridized carbons (Fsp3) is 0.360. The average Bonchev–Trinajstić information content (AvgIpc) is 3.27. The second-order valence-corrected chi connectivity index (χ2v) is 8.75. The van der Waals surface area contributed by atoms with Crippen molar-refractivity contribution < 1.29 is 4.74 Å². The molecule has 0 amide bonds. The van der Waals surface area contributed by atoms with E-state index < -0.39 is 0 Å². The monoisotopic (exact) mass is 406 g/mol. The van der Waals surface area contributed by atoms with Gasteiger partial charge >= 0.3 is 0 Å². The summed E-state index contributed by atoms with van der Waals surface area (Å²) in [6.45, 7) is 11.0. The Morgan fingerprint density at radius 2 is 1.45 bits per heavy atom. The first-order valence-corrected chi connectivity index (χ1v) is 11.2. The van der Waals surface area contributed by atoms with Crippen molar-refractivity contribution in [1.82, 2.24) is 0 Å². The van der Waals surface area contributed by atoms with Crippen molar-refractivity contribution in [2.75, 3.05) is 29.8 Å². The average molecular weight is 407 g/mol. The van der Waals surface area contributed by atoms with E-state index in [2.05, 4.69) is 73.7 Å². The first kappa shape index (κ1) is 20.0. The molecule has 1 heterocycles. The molecule has 0 bridgehead atoms. The molecule has 152 valence electrons. The van der Waals surface area contributed by atoms with E-state index in [0.717, 1.165) is 18.8 Å². The van der Waals surface area contributed by atoms with Gasteiger partial charge in [0.15, 0.2) is 0 Å². The van der Waals surface area contributed by atoms with E-state index in [4.69, 9.17) is 4.74 Å². The van der Waals surface area contributed by atoms with Crippen molar-refractivity contribution in [1.29, 1.82) is 0 Å². The second-order valence-electron chi connectivity index (χ2n) is 7.94. The molecule has 3 nitrogen and oxygen atoms in total. The highest BCUT2D eigenvalue weighted by Crippen LogP contribution is 2.40. The molecule has 0 saturated carbocycles. The normalized spacial score (nSPS) is 13.9. The van der Waals surface area contributed by atoms with Crippen LogP contribution in [0.5, 0.6) is 5.75 Å². The quantitative estimate of drug-likeness (QED) is 0.471. The number of ether oxygens (including phenoxy) is 1. The molecule has 3 aromatic carbocycles. The minimum Gasteiger partial charge on any atom is -0.496 e. The van der Waals surface area contributed by atoms with Gasteiger partial charge in [-0.25, -0.2) is 0 Å². The van der Waals surface area contributed by atoms with E-state index in [1.807, 2.05) is 0 Å². The zero-order chi connectivity index (χ0) is 20.5. The lowest BCUT2D eigenvalue weighted by Crippen LogP contribution is -2.17. The lowest BCUT2D eigenvalue weighted by molar-refractivity contribution is 0.407. The van der Waals surface area contributed by atoms with Gasteiger partial charge in [0.05, 0.1) is 12.8 Å². The maximum Gasteiger partial charge on any atom is 0.125 e. The summed E-state index contributed by atoms with van der Waals surface area (Å²) >= 11 is 1.71. The molecule has 1 aliphatic heterocycles. The van der Waals surface area contributed by atoms with Crippen LogP contribution in [0.4, 0.5) is 11.4 Å². The van der Waals surface area contributed by atoms with Crippen LogP contribution in [0.1, 0.15) is 35.1 Å². The number of nitrogens with zero attached hydrogens (tertiary/aromatic N) is 1.